The molecule has 3 heteroatoms. The van der Waals surface area contributed by atoms with Crippen molar-refractivity contribution in [3.8, 4) is 11.1 Å². The molecule has 1 unspecified atom stereocenters. The number of benzene rings is 2. The second kappa shape index (κ2) is 6.88. The van der Waals surface area contributed by atoms with E-state index in [1.54, 1.807) is 0 Å². The van der Waals surface area contributed by atoms with Crippen molar-refractivity contribution < 1.29 is 9.53 Å². The molecule has 0 fully saturated rings. The fourth-order valence-corrected chi connectivity index (χ4v) is 6.64. The van der Waals surface area contributed by atoms with Gasteiger partial charge in [0.05, 0.1) is 21.3 Å². The van der Waals surface area contributed by atoms with E-state index in [-0.39, 0.29) is 11.7 Å². The number of allylic oxidation sites excluding steroid dienone is 1. The molecule has 0 bridgehead atoms. The normalized spacial score (nSPS) is 18.5. The van der Waals surface area contributed by atoms with Crippen LogP contribution < -0.4 is 5.19 Å². The molecule has 4 rings (SSSR count). The lowest BCUT2D eigenvalue weighted by atomic mass is 9.88. The van der Waals surface area contributed by atoms with E-state index in [0.717, 1.165) is 41.7 Å². The highest BCUT2D eigenvalue weighted by Crippen LogP contribution is 2.41. The van der Waals surface area contributed by atoms with Gasteiger partial charge in [-0.3, -0.25) is 4.79 Å². The first kappa shape index (κ1) is 18.4. The molecule has 0 aromatic heterocycles. The molecule has 1 aliphatic carbocycles. The smallest absolute Gasteiger partial charge is 0.194 e. The van der Waals surface area contributed by atoms with Crippen molar-refractivity contribution in [3.05, 3.63) is 64.7 Å². The van der Waals surface area contributed by atoms with Crippen LogP contribution in [0.2, 0.25) is 19.6 Å². The van der Waals surface area contributed by atoms with Crippen LogP contribution in [-0.4, -0.2) is 20.5 Å². The summed E-state index contributed by atoms with van der Waals surface area (Å²) in [7, 11) is -1.74. The van der Waals surface area contributed by atoms with Crippen molar-refractivity contribution in [1.82, 2.24) is 0 Å². The van der Waals surface area contributed by atoms with Crippen molar-refractivity contribution in [3.63, 3.8) is 0 Å². The maximum absolute atomic E-state index is 13.3. The van der Waals surface area contributed by atoms with Crippen LogP contribution in [-0.2, 0) is 11.3 Å². The SMILES string of the molecule is CCC/C=C/C1COCc2c1cc1c(c2[Si](C)(C)C)C(=O)c2ccccc2-1. The monoisotopic (exact) mass is 376 g/mol. The lowest BCUT2D eigenvalue weighted by Gasteiger charge is -2.32. The van der Waals surface area contributed by atoms with Crippen LogP contribution in [0, 0.1) is 0 Å². The Bertz CT molecular complexity index is 934. The summed E-state index contributed by atoms with van der Waals surface area (Å²) in [6.07, 6.45) is 6.84. The van der Waals surface area contributed by atoms with Crippen molar-refractivity contribution in [1.29, 1.82) is 0 Å². The summed E-state index contributed by atoms with van der Waals surface area (Å²) >= 11 is 0. The fourth-order valence-electron chi connectivity index (χ4n) is 4.52. The number of rotatable bonds is 4. The fraction of sp³-hybridized carbons (Fsp3) is 0.375. The van der Waals surface area contributed by atoms with E-state index in [0.29, 0.717) is 6.61 Å². The predicted octanol–water partition coefficient (Wildman–Crippen LogP) is 5.41. The van der Waals surface area contributed by atoms with Crippen molar-refractivity contribution in [2.75, 3.05) is 6.61 Å². The Morgan fingerprint density at radius 2 is 1.89 bits per heavy atom. The van der Waals surface area contributed by atoms with E-state index in [2.05, 4.69) is 50.8 Å². The average Bonchev–Trinajstić information content (AvgIpc) is 2.92. The molecule has 0 amide bonds. The van der Waals surface area contributed by atoms with Gasteiger partial charge in [0, 0.05) is 17.0 Å². The Balaban J connectivity index is 1.98. The standard InChI is InChI=1S/C24H28O2Si/c1-5-6-7-10-16-14-26-15-21-19(16)13-20-17-11-8-9-12-18(17)23(25)22(20)24(21)27(2,3)4/h7-13,16H,5-6,14-15H2,1-4H3/b10-7+. The third-order valence-electron chi connectivity index (χ3n) is 5.68. The largest absolute Gasteiger partial charge is 0.376 e. The van der Waals surface area contributed by atoms with E-state index in [1.807, 2.05) is 18.2 Å². The first-order chi connectivity index (χ1) is 12.9. The Hall–Kier alpha value is -1.97. The Kier molecular flexibility index (Phi) is 4.69. The van der Waals surface area contributed by atoms with Crippen molar-refractivity contribution in [2.45, 2.75) is 51.9 Å². The van der Waals surface area contributed by atoms with E-state index in [1.165, 1.54) is 16.3 Å². The van der Waals surface area contributed by atoms with Crippen LogP contribution in [0.3, 0.4) is 0 Å². The van der Waals surface area contributed by atoms with E-state index in [9.17, 15) is 4.79 Å². The molecule has 27 heavy (non-hydrogen) atoms. The van der Waals surface area contributed by atoms with Crippen LogP contribution in [0.1, 0.15) is 52.7 Å². The molecule has 2 aromatic rings. The topological polar surface area (TPSA) is 26.3 Å². The number of carbonyl (C=O) groups excluding carboxylic acids is 1. The number of ketones is 1. The summed E-state index contributed by atoms with van der Waals surface area (Å²) in [5, 5.41) is 1.31. The maximum atomic E-state index is 13.3. The van der Waals surface area contributed by atoms with Gasteiger partial charge in [-0.05, 0) is 39.9 Å². The highest BCUT2D eigenvalue weighted by Gasteiger charge is 2.38. The molecule has 1 heterocycles. The number of fused-ring (bicyclic) bond motifs is 4. The zero-order valence-electron chi connectivity index (χ0n) is 16.8. The van der Waals surface area contributed by atoms with Crippen LogP contribution >= 0.6 is 0 Å². The lowest BCUT2D eigenvalue weighted by Crippen LogP contribution is -2.45. The second-order valence-electron chi connectivity index (χ2n) is 8.71. The zero-order chi connectivity index (χ0) is 19.2. The number of unbranched alkanes of at least 4 members (excludes halogenated alkanes) is 1. The molecular formula is C24H28O2Si. The molecule has 0 N–H and O–H groups in total. The molecule has 140 valence electrons. The molecule has 0 spiro atoms. The van der Waals surface area contributed by atoms with Gasteiger partial charge in [0.2, 0.25) is 0 Å². The summed E-state index contributed by atoms with van der Waals surface area (Å²) in [6.45, 7) is 10.6. The van der Waals surface area contributed by atoms with Gasteiger partial charge in [-0.25, -0.2) is 0 Å². The summed E-state index contributed by atoms with van der Waals surface area (Å²) in [5.41, 5.74) is 6.70. The lowest BCUT2D eigenvalue weighted by molar-refractivity contribution is 0.101. The van der Waals surface area contributed by atoms with E-state index < -0.39 is 8.07 Å². The maximum Gasteiger partial charge on any atom is 0.194 e. The van der Waals surface area contributed by atoms with Crippen LogP contribution in [0.15, 0.2) is 42.5 Å². The minimum absolute atomic E-state index is 0.199. The predicted molar refractivity (Wildman–Crippen MR) is 115 cm³/mol. The molecule has 2 aliphatic rings. The first-order valence-corrected chi connectivity index (χ1v) is 13.5. The van der Waals surface area contributed by atoms with Gasteiger partial charge in [0.1, 0.15) is 0 Å². The van der Waals surface area contributed by atoms with Gasteiger partial charge in [-0.2, -0.15) is 0 Å². The summed E-state index contributed by atoms with van der Waals surface area (Å²) in [5.74, 6) is 0.480. The van der Waals surface area contributed by atoms with Crippen LogP contribution in [0.25, 0.3) is 11.1 Å². The molecular weight excluding hydrogens is 348 g/mol. The Labute approximate surface area is 163 Å². The summed E-state index contributed by atoms with van der Waals surface area (Å²) in [4.78, 5) is 13.3. The quantitative estimate of drug-likeness (QED) is 0.449. The first-order valence-electron chi connectivity index (χ1n) is 10.0. The highest BCUT2D eigenvalue weighted by atomic mass is 28.3. The second-order valence-corrected chi connectivity index (χ2v) is 13.7. The van der Waals surface area contributed by atoms with Crippen LogP contribution in [0.5, 0.6) is 0 Å². The molecule has 1 aliphatic heterocycles. The van der Waals surface area contributed by atoms with Gasteiger partial charge in [0.15, 0.2) is 5.78 Å². The number of carbonyl (C=O) groups is 1. The van der Waals surface area contributed by atoms with Crippen molar-refractivity contribution >= 4 is 19.0 Å². The molecule has 1 atom stereocenters. The van der Waals surface area contributed by atoms with Gasteiger partial charge in [0.25, 0.3) is 0 Å². The van der Waals surface area contributed by atoms with E-state index in [4.69, 9.17) is 4.74 Å². The number of ether oxygens (including phenoxy) is 1. The van der Waals surface area contributed by atoms with Crippen molar-refractivity contribution in [2.24, 2.45) is 0 Å². The summed E-state index contributed by atoms with van der Waals surface area (Å²) in [6, 6.07) is 10.4. The zero-order valence-corrected chi connectivity index (χ0v) is 17.8. The molecule has 0 saturated carbocycles. The molecule has 0 saturated heterocycles. The number of hydrogen-bond acceptors (Lipinski definition) is 2. The van der Waals surface area contributed by atoms with E-state index >= 15 is 0 Å². The van der Waals surface area contributed by atoms with Gasteiger partial charge in [-0.1, -0.05) is 69.4 Å². The minimum atomic E-state index is -1.74. The van der Waals surface area contributed by atoms with Crippen LogP contribution in [0.4, 0.5) is 0 Å². The molecule has 2 aromatic carbocycles. The summed E-state index contributed by atoms with van der Waals surface area (Å²) < 4.78 is 6.01. The van der Waals surface area contributed by atoms with Gasteiger partial charge >= 0.3 is 0 Å². The Morgan fingerprint density at radius 1 is 1.15 bits per heavy atom. The Morgan fingerprint density at radius 3 is 2.59 bits per heavy atom. The average molecular weight is 377 g/mol. The minimum Gasteiger partial charge on any atom is -0.376 e. The third kappa shape index (κ3) is 3.03. The molecule has 0 radical (unpaired) electrons. The third-order valence-corrected chi connectivity index (χ3v) is 7.73. The molecule has 2 nitrogen and oxygen atoms in total. The number of hydrogen-bond donors (Lipinski definition) is 0. The van der Waals surface area contributed by atoms with Gasteiger partial charge < -0.3 is 4.74 Å². The highest BCUT2D eigenvalue weighted by molar-refractivity contribution is 6.90. The van der Waals surface area contributed by atoms with Gasteiger partial charge in [-0.15, -0.1) is 0 Å².